The molecule has 0 amide bonds. The van der Waals surface area contributed by atoms with Crippen molar-refractivity contribution in [2.75, 3.05) is 6.54 Å². The number of rotatable bonds is 1. The summed E-state index contributed by atoms with van der Waals surface area (Å²) in [6, 6.07) is 0.678. The van der Waals surface area contributed by atoms with Crippen LogP contribution in [0.25, 0.3) is 0 Å². The SMILES string of the molecule is OC1=CC=CN(C2CCCC2)C1. The first kappa shape index (κ1) is 7.71. The molecule has 0 saturated heterocycles. The third-order valence-corrected chi connectivity index (χ3v) is 2.70. The minimum absolute atomic E-state index is 0.490. The Balaban J connectivity index is 1.97. The number of hydrogen-bond acceptors (Lipinski definition) is 2. The van der Waals surface area contributed by atoms with Gasteiger partial charge in [0.05, 0.1) is 6.54 Å². The molecule has 1 N–H and O–H groups in total. The Kier molecular flexibility index (Phi) is 2.07. The molecule has 0 unspecified atom stereocenters. The Morgan fingerprint density at radius 2 is 2.08 bits per heavy atom. The van der Waals surface area contributed by atoms with Crippen molar-refractivity contribution in [1.82, 2.24) is 4.90 Å². The molecule has 0 spiro atoms. The Bertz CT molecular complexity index is 214. The van der Waals surface area contributed by atoms with E-state index in [0.29, 0.717) is 18.3 Å². The van der Waals surface area contributed by atoms with E-state index in [-0.39, 0.29) is 0 Å². The molecule has 1 saturated carbocycles. The number of hydrogen-bond donors (Lipinski definition) is 1. The lowest BCUT2D eigenvalue weighted by Crippen LogP contribution is -2.31. The molecular formula is C10H15NO. The Morgan fingerprint density at radius 1 is 1.33 bits per heavy atom. The summed E-state index contributed by atoms with van der Waals surface area (Å²) in [6.07, 6.45) is 11.1. The van der Waals surface area contributed by atoms with Crippen molar-refractivity contribution in [2.45, 2.75) is 31.7 Å². The quantitative estimate of drug-likeness (QED) is 0.644. The summed E-state index contributed by atoms with van der Waals surface area (Å²) in [4.78, 5) is 2.25. The molecule has 0 atom stereocenters. The minimum Gasteiger partial charge on any atom is -0.510 e. The van der Waals surface area contributed by atoms with Crippen molar-refractivity contribution >= 4 is 0 Å². The highest BCUT2D eigenvalue weighted by Crippen LogP contribution is 2.25. The van der Waals surface area contributed by atoms with Gasteiger partial charge in [0.15, 0.2) is 0 Å². The zero-order valence-corrected chi connectivity index (χ0v) is 7.24. The number of aliphatic hydroxyl groups is 1. The van der Waals surface area contributed by atoms with Gasteiger partial charge in [-0.15, -0.1) is 0 Å². The van der Waals surface area contributed by atoms with Crippen molar-refractivity contribution in [3.8, 4) is 0 Å². The van der Waals surface area contributed by atoms with Gasteiger partial charge >= 0.3 is 0 Å². The van der Waals surface area contributed by atoms with Crippen LogP contribution in [0.5, 0.6) is 0 Å². The van der Waals surface area contributed by atoms with Gasteiger partial charge in [0.1, 0.15) is 5.76 Å². The average Bonchev–Trinajstić information content (AvgIpc) is 2.56. The zero-order valence-electron chi connectivity index (χ0n) is 7.24. The predicted octanol–water partition coefficient (Wildman–Crippen LogP) is 2.20. The van der Waals surface area contributed by atoms with Crippen LogP contribution in [0.15, 0.2) is 24.1 Å². The first-order valence-electron chi connectivity index (χ1n) is 4.68. The third-order valence-electron chi connectivity index (χ3n) is 2.70. The van der Waals surface area contributed by atoms with Crippen LogP contribution in [-0.4, -0.2) is 22.6 Å². The second kappa shape index (κ2) is 3.21. The van der Waals surface area contributed by atoms with Crippen molar-refractivity contribution in [3.63, 3.8) is 0 Å². The molecule has 1 aliphatic carbocycles. The van der Waals surface area contributed by atoms with Crippen LogP contribution in [0.3, 0.4) is 0 Å². The molecule has 0 aromatic rings. The maximum Gasteiger partial charge on any atom is 0.112 e. The Labute approximate surface area is 73.2 Å². The first-order chi connectivity index (χ1) is 5.86. The molecule has 2 nitrogen and oxygen atoms in total. The molecule has 2 rings (SSSR count). The second-order valence-corrected chi connectivity index (χ2v) is 3.61. The van der Waals surface area contributed by atoms with Gasteiger partial charge in [-0.2, -0.15) is 0 Å². The van der Waals surface area contributed by atoms with Crippen LogP contribution >= 0.6 is 0 Å². The lowest BCUT2D eigenvalue weighted by atomic mass is 10.2. The van der Waals surface area contributed by atoms with Gasteiger partial charge in [0.25, 0.3) is 0 Å². The van der Waals surface area contributed by atoms with Crippen molar-refractivity contribution < 1.29 is 5.11 Å². The van der Waals surface area contributed by atoms with Gasteiger partial charge in [0, 0.05) is 6.04 Å². The fourth-order valence-corrected chi connectivity index (χ4v) is 2.04. The number of aliphatic hydroxyl groups excluding tert-OH is 1. The molecule has 12 heavy (non-hydrogen) atoms. The van der Waals surface area contributed by atoms with Crippen LogP contribution in [0.1, 0.15) is 25.7 Å². The molecule has 0 aromatic carbocycles. The Hall–Kier alpha value is -0.920. The summed E-state index contributed by atoms with van der Waals surface area (Å²) in [5, 5.41) is 9.31. The van der Waals surface area contributed by atoms with E-state index in [1.165, 1.54) is 25.7 Å². The average molecular weight is 165 g/mol. The first-order valence-corrected chi connectivity index (χ1v) is 4.68. The largest absolute Gasteiger partial charge is 0.510 e. The molecular weight excluding hydrogens is 150 g/mol. The van der Waals surface area contributed by atoms with Crippen LogP contribution in [0.4, 0.5) is 0 Å². The van der Waals surface area contributed by atoms with Crippen molar-refractivity contribution in [1.29, 1.82) is 0 Å². The van der Waals surface area contributed by atoms with Crippen LogP contribution in [0, 0.1) is 0 Å². The molecule has 1 aliphatic heterocycles. The molecule has 1 fully saturated rings. The van der Waals surface area contributed by atoms with E-state index in [2.05, 4.69) is 11.1 Å². The van der Waals surface area contributed by atoms with Crippen molar-refractivity contribution in [3.05, 3.63) is 24.1 Å². The maximum atomic E-state index is 9.31. The van der Waals surface area contributed by atoms with E-state index < -0.39 is 0 Å². The molecule has 2 aliphatic rings. The van der Waals surface area contributed by atoms with Crippen molar-refractivity contribution in [2.24, 2.45) is 0 Å². The topological polar surface area (TPSA) is 23.5 Å². The second-order valence-electron chi connectivity index (χ2n) is 3.61. The normalized spacial score (nSPS) is 24.7. The van der Waals surface area contributed by atoms with E-state index in [1.807, 2.05) is 6.08 Å². The van der Waals surface area contributed by atoms with E-state index in [4.69, 9.17) is 0 Å². The van der Waals surface area contributed by atoms with Crippen LogP contribution < -0.4 is 0 Å². The van der Waals surface area contributed by atoms with E-state index in [0.717, 1.165) is 0 Å². The fourth-order valence-electron chi connectivity index (χ4n) is 2.04. The molecule has 2 heteroatoms. The smallest absolute Gasteiger partial charge is 0.112 e. The van der Waals surface area contributed by atoms with Gasteiger partial charge in [-0.3, -0.25) is 0 Å². The lowest BCUT2D eigenvalue weighted by molar-refractivity contribution is 0.250. The summed E-state index contributed by atoms with van der Waals surface area (Å²) in [5.74, 6) is 0.490. The molecule has 0 aromatic heterocycles. The Morgan fingerprint density at radius 3 is 2.75 bits per heavy atom. The lowest BCUT2D eigenvalue weighted by Gasteiger charge is -2.28. The summed E-state index contributed by atoms with van der Waals surface area (Å²) in [7, 11) is 0. The molecule has 0 bridgehead atoms. The van der Waals surface area contributed by atoms with Gasteiger partial charge in [-0.05, 0) is 31.2 Å². The molecule has 0 radical (unpaired) electrons. The zero-order chi connectivity index (χ0) is 8.39. The number of nitrogens with zero attached hydrogens (tertiary/aromatic N) is 1. The summed E-state index contributed by atoms with van der Waals surface area (Å²) >= 11 is 0. The predicted molar refractivity (Wildman–Crippen MR) is 48.8 cm³/mol. The van der Waals surface area contributed by atoms with E-state index in [9.17, 15) is 5.11 Å². The van der Waals surface area contributed by atoms with Gasteiger partial charge < -0.3 is 10.0 Å². The highest BCUT2D eigenvalue weighted by Gasteiger charge is 2.21. The van der Waals surface area contributed by atoms with Gasteiger partial charge in [-0.25, -0.2) is 0 Å². The van der Waals surface area contributed by atoms with Crippen LogP contribution in [0.2, 0.25) is 0 Å². The summed E-state index contributed by atoms with van der Waals surface area (Å²) in [6.45, 7) is 0.709. The third kappa shape index (κ3) is 1.47. The van der Waals surface area contributed by atoms with Gasteiger partial charge in [0.2, 0.25) is 0 Å². The van der Waals surface area contributed by atoms with Crippen LogP contribution in [-0.2, 0) is 0 Å². The summed E-state index contributed by atoms with van der Waals surface area (Å²) < 4.78 is 0. The maximum absolute atomic E-state index is 9.31. The minimum atomic E-state index is 0.490. The van der Waals surface area contributed by atoms with E-state index >= 15 is 0 Å². The highest BCUT2D eigenvalue weighted by molar-refractivity contribution is 5.14. The fraction of sp³-hybridized carbons (Fsp3) is 0.600. The molecule has 1 heterocycles. The highest BCUT2D eigenvalue weighted by atomic mass is 16.3. The number of allylic oxidation sites excluding steroid dienone is 2. The van der Waals surface area contributed by atoms with Gasteiger partial charge in [-0.1, -0.05) is 12.8 Å². The molecule has 66 valence electrons. The summed E-state index contributed by atoms with van der Waals surface area (Å²) in [5.41, 5.74) is 0. The standard InChI is InChI=1S/C10H15NO/c12-10-6-3-7-11(8-10)9-4-1-2-5-9/h3,6-7,9,12H,1-2,4-5,8H2. The monoisotopic (exact) mass is 165 g/mol. The van der Waals surface area contributed by atoms with E-state index in [1.54, 1.807) is 6.08 Å².